The maximum absolute atomic E-state index is 13.0. The predicted octanol–water partition coefficient (Wildman–Crippen LogP) is 3.34. The van der Waals surface area contributed by atoms with E-state index in [-0.39, 0.29) is 11.6 Å². The van der Waals surface area contributed by atoms with Gasteiger partial charge in [0, 0.05) is 37.4 Å². The van der Waals surface area contributed by atoms with E-state index in [2.05, 4.69) is 19.9 Å². The third kappa shape index (κ3) is 3.72. The number of aromatic nitrogens is 2. The summed E-state index contributed by atoms with van der Waals surface area (Å²) in [5.74, 6) is 0.488. The molecule has 0 N–H and O–H groups in total. The van der Waals surface area contributed by atoms with Crippen LogP contribution in [-0.2, 0) is 6.54 Å². The summed E-state index contributed by atoms with van der Waals surface area (Å²) in [5, 5.41) is 3.97. The Bertz CT molecular complexity index is 856. The summed E-state index contributed by atoms with van der Waals surface area (Å²) in [6.07, 6.45) is 0. The van der Waals surface area contributed by atoms with Crippen molar-refractivity contribution in [3.63, 3.8) is 0 Å². The first-order valence-corrected chi connectivity index (χ1v) is 8.49. The average Bonchev–Trinajstić information content (AvgIpc) is 3.12. The van der Waals surface area contributed by atoms with Crippen molar-refractivity contribution in [2.24, 2.45) is 0 Å². The van der Waals surface area contributed by atoms with E-state index in [1.807, 2.05) is 0 Å². The van der Waals surface area contributed by atoms with Crippen LogP contribution in [0, 0.1) is 11.6 Å². The van der Waals surface area contributed by atoms with Gasteiger partial charge in [-0.1, -0.05) is 5.16 Å². The standard InChI is InChI=1S/C19H18F2N4O/c20-15-3-1-14(2-4-15)19-22-18(26-23-19)13-24-9-11-25(12-10-24)17-7-5-16(21)6-8-17/h1-8H,9-13H2. The van der Waals surface area contributed by atoms with Gasteiger partial charge in [-0.25, -0.2) is 8.78 Å². The molecule has 7 heteroatoms. The molecule has 0 atom stereocenters. The Kier molecular flexibility index (Phi) is 4.62. The van der Waals surface area contributed by atoms with Crippen LogP contribution in [0.3, 0.4) is 0 Å². The van der Waals surface area contributed by atoms with Crippen LogP contribution < -0.4 is 4.90 Å². The molecule has 134 valence electrons. The minimum Gasteiger partial charge on any atom is -0.369 e. The summed E-state index contributed by atoms with van der Waals surface area (Å²) < 4.78 is 31.4. The normalized spacial score (nSPS) is 15.4. The zero-order chi connectivity index (χ0) is 17.9. The first kappa shape index (κ1) is 16.7. The van der Waals surface area contributed by atoms with Crippen molar-refractivity contribution in [3.8, 4) is 11.4 Å². The Labute approximate surface area is 149 Å². The lowest BCUT2D eigenvalue weighted by molar-refractivity contribution is 0.215. The maximum atomic E-state index is 13.0. The van der Waals surface area contributed by atoms with E-state index in [0.717, 1.165) is 37.4 Å². The zero-order valence-electron chi connectivity index (χ0n) is 14.1. The lowest BCUT2D eigenvalue weighted by Gasteiger charge is -2.35. The van der Waals surface area contributed by atoms with Gasteiger partial charge in [-0.3, -0.25) is 4.90 Å². The van der Waals surface area contributed by atoms with Gasteiger partial charge in [-0.05, 0) is 48.5 Å². The summed E-state index contributed by atoms with van der Waals surface area (Å²) in [6.45, 7) is 3.98. The molecule has 0 bridgehead atoms. The molecule has 0 spiro atoms. The van der Waals surface area contributed by atoms with E-state index >= 15 is 0 Å². The van der Waals surface area contributed by atoms with Crippen LogP contribution in [0.15, 0.2) is 53.1 Å². The fourth-order valence-electron chi connectivity index (χ4n) is 3.04. The SMILES string of the molecule is Fc1ccc(-c2noc(CN3CCN(c4ccc(F)cc4)CC3)n2)cc1. The van der Waals surface area contributed by atoms with Crippen molar-refractivity contribution in [1.29, 1.82) is 0 Å². The minimum absolute atomic E-state index is 0.222. The van der Waals surface area contributed by atoms with Gasteiger partial charge in [0.25, 0.3) is 0 Å². The van der Waals surface area contributed by atoms with E-state index in [9.17, 15) is 8.78 Å². The van der Waals surface area contributed by atoms with Crippen molar-refractivity contribution in [2.45, 2.75) is 6.54 Å². The molecule has 1 aliphatic rings. The van der Waals surface area contributed by atoms with Crippen LogP contribution in [0.1, 0.15) is 5.89 Å². The van der Waals surface area contributed by atoms with Gasteiger partial charge in [-0.15, -0.1) is 0 Å². The molecule has 2 aromatic carbocycles. The highest BCUT2D eigenvalue weighted by Crippen LogP contribution is 2.19. The second-order valence-corrected chi connectivity index (χ2v) is 6.26. The van der Waals surface area contributed by atoms with Crippen LogP contribution in [-0.4, -0.2) is 41.2 Å². The van der Waals surface area contributed by atoms with Crippen molar-refractivity contribution < 1.29 is 13.3 Å². The minimum atomic E-state index is -0.295. The summed E-state index contributed by atoms with van der Waals surface area (Å²) >= 11 is 0. The molecule has 26 heavy (non-hydrogen) atoms. The van der Waals surface area contributed by atoms with E-state index < -0.39 is 0 Å². The summed E-state index contributed by atoms with van der Waals surface area (Å²) in [6, 6.07) is 12.6. The van der Waals surface area contributed by atoms with Crippen LogP contribution in [0.4, 0.5) is 14.5 Å². The maximum Gasteiger partial charge on any atom is 0.241 e. The highest BCUT2D eigenvalue weighted by molar-refractivity contribution is 5.53. The predicted molar refractivity (Wildman–Crippen MR) is 93.6 cm³/mol. The molecule has 2 heterocycles. The number of hydrogen-bond acceptors (Lipinski definition) is 5. The van der Waals surface area contributed by atoms with Crippen LogP contribution in [0.2, 0.25) is 0 Å². The quantitative estimate of drug-likeness (QED) is 0.717. The smallest absolute Gasteiger partial charge is 0.241 e. The molecule has 1 fully saturated rings. The van der Waals surface area contributed by atoms with Gasteiger partial charge in [0.15, 0.2) is 0 Å². The summed E-state index contributed by atoms with van der Waals surface area (Å²) in [7, 11) is 0. The van der Waals surface area contributed by atoms with E-state index in [4.69, 9.17) is 4.52 Å². The number of halogens is 2. The molecule has 1 aliphatic heterocycles. The highest BCUT2D eigenvalue weighted by Gasteiger charge is 2.19. The first-order chi connectivity index (χ1) is 12.7. The molecule has 0 amide bonds. The van der Waals surface area contributed by atoms with Gasteiger partial charge in [0.2, 0.25) is 11.7 Å². The molecular weight excluding hydrogens is 338 g/mol. The van der Waals surface area contributed by atoms with Crippen molar-refractivity contribution in [1.82, 2.24) is 15.0 Å². The average molecular weight is 356 g/mol. The van der Waals surface area contributed by atoms with Crippen LogP contribution in [0.25, 0.3) is 11.4 Å². The number of benzene rings is 2. The molecular formula is C19H18F2N4O. The molecule has 1 aromatic heterocycles. The Morgan fingerprint density at radius 2 is 1.46 bits per heavy atom. The number of piperazine rings is 1. The van der Waals surface area contributed by atoms with Gasteiger partial charge in [-0.2, -0.15) is 4.98 Å². The molecule has 5 nitrogen and oxygen atoms in total. The van der Waals surface area contributed by atoms with Gasteiger partial charge < -0.3 is 9.42 Å². The first-order valence-electron chi connectivity index (χ1n) is 8.49. The Balaban J connectivity index is 1.34. The summed E-state index contributed by atoms with van der Waals surface area (Å²) in [4.78, 5) is 8.86. The van der Waals surface area contributed by atoms with E-state index in [1.54, 1.807) is 24.3 Å². The summed E-state index contributed by atoms with van der Waals surface area (Å²) in [5.41, 5.74) is 1.75. The van der Waals surface area contributed by atoms with Crippen molar-refractivity contribution in [2.75, 3.05) is 31.1 Å². The second-order valence-electron chi connectivity index (χ2n) is 6.26. The van der Waals surface area contributed by atoms with E-state index in [0.29, 0.717) is 18.3 Å². The number of hydrogen-bond donors (Lipinski definition) is 0. The second kappa shape index (κ2) is 7.21. The third-order valence-electron chi connectivity index (χ3n) is 4.49. The Morgan fingerprint density at radius 1 is 0.846 bits per heavy atom. The highest BCUT2D eigenvalue weighted by atomic mass is 19.1. The van der Waals surface area contributed by atoms with Crippen LogP contribution >= 0.6 is 0 Å². The molecule has 4 rings (SSSR count). The topological polar surface area (TPSA) is 45.4 Å². The van der Waals surface area contributed by atoms with Crippen molar-refractivity contribution in [3.05, 3.63) is 66.1 Å². The van der Waals surface area contributed by atoms with Gasteiger partial charge in [0.05, 0.1) is 6.54 Å². The molecule has 0 saturated carbocycles. The monoisotopic (exact) mass is 356 g/mol. The third-order valence-corrected chi connectivity index (χ3v) is 4.49. The van der Waals surface area contributed by atoms with E-state index in [1.165, 1.54) is 24.3 Å². The number of anilines is 1. The number of rotatable bonds is 4. The van der Waals surface area contributed by atoms with Gasteiger partial charge >= 0.3 is 0 Å². The fraction of sp³-hybridized carbons (Fsp3) is 0.263. The molecule has 0 aliphatic carbocycles. The zero-order valence-corrected chi connectivity index (χ0v) is 14.1. The lowest BCUT2D eigenvalue weighted by Crippen LogP contribution is -2.46. The largest absolute Gasteiger partial charge is 0.369 e. The fourth-order valence-corrected chi connectivity index (χ4v) is 3.04. The lowest BCUT2D eigenvalue weighted by atomic mass is 10.2. The number of nitrogens with zero attached hydrogens (tertiary/aromatic N) is 4. The van der Waals surface area contributed by atoms with Crippen molar-refractivity contribution >= 4 is 5.69 Å². The molecule has 0 radical (unpaired) electrons. The molecule has 3 aromatic rings. The molecule has 1 saturated heterocycles. The van der Waals surface area contributed by atoms with Crippen LogP contribution in [0.5, 0.6) is 0 Å². The molecule has 0 unspecified atom stereocenters. The van der Waals surface area contributed by atoms with Gasteiger partial charge in [0.1, 0.15) is 11.6 Å². The Morgan fingerprint density at radius 3 is 2.12 bits per heavy atom. The Hall–Kier alpha value is -2.80.